The second-order valence-corrected chi connectivity index (χ2v) is 7.67. The third-order valence-corrected chi connectivity index (χ3v) is 5.63. The molecule has 3 aromatic rings. The van der Waals surface area contributed by atoms with Gasteiger partial charge < -0.3 is 19.0 Å². The van der Waals surface area contributed by atoms with Crippen molar-refractivity contribution in [3.8, 4) is 11.6 Å². The number of para-hydroxylation sites is 1. The lowest BCUT2D eigenvalue weighted by atomic mass is 10.1. The Hall–Kier alpha value is -3.35. The van der Waals surface area contributed by atoms with Gasteiger partial charge in [-0.2, -0.15) is 4.98 Å². The molecule has 0 spiro atoms. The van der Waals surface area contributed by atoms with Gasteiger partial charge in [-0.15, -0.1) is 0 Å². The number of aromatic nitrogens is 2. The van der Waals surface area contributed by atoms with Crippen LogP contribution in [-0.4, -0.2) is 40.4 Å². The summed E-state index contributed by atoms with van der Waals surface area (Å²) < 4.78 is 11.5. The molecule has 0 aliphatic carbocycles. The lowest BCUT2D eigenvalue weighted by Gasteiger charge is -2.31. The van der Waals surface area contributed by atoms with E-state index in [0.717, 1.165) is 48.9 Å². The van der Waals surface area contributed by atoms with Crippen LogP contribution in [0.4, 0.5) is 5.95 Å². The minimum atomic E-state index is -0.128. The standard InChI is InChI=1S/C23H24N4O3/c28-22(20-10-7-15-29-20)27-14-11-19-18(16-27)21(30-17-8-3-1-4-9-17)25-23(24-19)26-12-5-2-6-13-26/h1,3-4,7-10,15H,2,5-6,11-14,16H2. The van der Waals surface area contributed by atoms with Crippen LogP contribution in [0.25, 0.3) is 0 Å². The van der Waals surface area contributed by atoms with Gasteiger partial charge in [0.25, 0.3) is 5.91 Å². The highest BCUT2D eigenvalue weighted by Crippen LogP contribution is 2.32. The molecule has 1 amide bonds. The average molecular weight is 404 g/mol. The molecule has 2 aliphatic heterocycles. The van der Waals surface area contributed by atoms with Gasteiger partial charge >= 0.3 is 0 Å². The molecule has 154 valence electrons. The Kier molecular flexibility index (Phi) is 5.09. The van der Waals surface area contributed by atoms with Crippen molar-refractivity contribution in [1.29, 1.82) is 0 Å². The zero-order valence-electron chi connectivity index (χ0n) is 16.8. The molecule has 0 N–H and O–H groups in total. The van der Waals surface area contributed by atoms with Gasteiger partial charge in [-0.05, 0) is 43.5 Å². The number of ether oxygens (including phenoxy) is 1. The summed E-state index contributed by atoms with van der Waals surface area (Å²) in [6.45, 7) is 2.92. The monoisotopic (exact) mass is 404 g/mol. The summed E-state index contributed by atoms with van der Waals surface area (Å²) in [5, 5.41) is 0. The molecule has 4 heterocycles. The van der Waals surface area contributed by atoms with Crippen molar-refractivity contribution in [3.05, 3.63) is 65.7 Å². The van der Waals surface area contributed by atoms with E-state index >= 15 is 0 Å². The second-order valence-electron chi connectivity index (χ2n) is 7.67. The topological polar surface area (TPSA) is 71.7 Å². The highest BCUT2D eigenvalue weighted by Gasteiger charge is 2.29. The van der Waals surface area contributed by atoms with Crippen LogP contribution in [0.2, 0.25) is 0 Å². The molecular weight excluding hydrogens is 380 g/mol. The van der Waals surface area contributed by atoms with Crippen molar-refractivity contribution >= 4 is 11.9 Å². The minimum Gasteiger partial charge on any atom is -0.459 e. The molecule has 1 saturated heterocycles. The Morgan fingerprint density at radius 3 is 2.57 bits per heavy atom. The van der Waals surface area contributed by atoms with Crippen molar-refractivity contribution in [2.24, 2.45) is 0 Å². The number of hydrogen-bond donors (Lipinski definition) is 0. The van der Waals surface area contributed by atoms with Crippen LogP contribution < -0.4 is 9.64 Å². The first-order valence-electron chi connectivity index (χ1n) is 10.5. The van der Waals surface area contributed by atoms with Crippen LogP contribution in [0.15, 0.2) is 53.1 Å². The smallest absolute Gasteiger partial charge is 0.289 e. The zero-order chi connectivity index (χ0) is 20.3. The van der Waals surface area contributed by atoms with Crippen LogP contribution in [-0.2, 0) is 13.0 Å². The molecule has 7 heteroatoms. The third kappa shape index (κ3) is 3.75. The molecule has 0 radical (unpaired) electrons. The lowest BCUT2D eigenvalue weighted by molar-refractivity contribution is 0.0699. The molecule has 0 unspecified atom stereocenters. The minimum absolute atomic E-state index is 0.128. The van der Waals surface area contributed by atoms with Crippen LogP contribution in [0.5, 0.6) is 11.6 Å². The summed E-state index contributed by atoms with van der Waals surface area (Å²) in [5.41, 5.74) is 1.82. The maximum Gasteiger partial charge on any atom is 0.289 e. The first kappa shape index (κ1) is 18.7. The number of piperidine rings is 1. The first-order valence-corrected chi connectivity index (χ1v) is 10.5. The molecule has 5 rings (SSSR count). The molecule has 0 saturated carbocycles. The van der Waals surface area contributed by atoms with Crippen molar-refractivity contribution in [2.75, 3.05) is 24.5 Å². The number of amides is 1. The van der Waals surface area contributed by atoms with Crippen molar-refractivity contribution < 1.29 is 13.9 Å². The fourth-order valence-electron chi connectivity index (χ4n) is 4.02. The van der Waals surface area contributed by atoms with Crippen molar-refractivity contribution in [1.82, 2.24) is 14.9 Å². The first-order chi connectivity index (χ1) is 14.8. The van der Waals surface area contributed by atoms with Crippen LogP contribution >= 0.6 is 0 Å². The molecular formula is C23H24N4O3. The van der Waals surface area contributed by atoms with Crippen LogP contribution in [0.1, 0.15) is 41.1 Å². The number of benzene rings is 1. The third-order valence-electron chi connectivity index (χ3n) is 5.63. The quantitative estimate of drug-likeness (QED) is 0.653. The molecule has 30 heavy (non-hydrogen) atoms. The normalized spacial score (nSPS) is 16.3. The van der Waals surface area contributed by atoms with Gasteiger partial charge in [0.1, 0.15) is 5.75 Å². The Balaban J connectivity index is 1.49. The summed E-state index contributed by atoms with van der Waals surface area (Å²) in [7, 11) is 0. The van der Waals surface area contributed by atoms with E-state index < -0.39 is 0 Å². The maximum absolute atomic E-state index is 12.8. The highest BCUT2D eigenvalue weighted by molar-refractivity contribution is 5.91. The summed E-state index contributed by atoms with van der Waals surface area (Å²) in [4.78, 5) is 26.5. The van der Waals surface area contributed by atoms with Crippen molar-refractivity contribution in [2.45, 2.75) is 32.2 Å². The van der Waals surface area contributed by atoms with Crippen molar-refractivity contribution in [3.63, 3.8) is 0 Å². The largest absolute Gasteiger partial charge is 0.459 e. The number of furan rings is 1. The zero-order valence-corrected chi connectivity index (χ0v) is 16.8. The number of carbonyl (C=O) groups is 1. The van der Waals surface area contributed by atoms with E-state index in [2.05, 4.69) is 4.90 Å². The highest BCUT2D eigenvalue weighted by atomic mass is 16.5. The summed E-state index contributed by atoms with van der Waals surface area (Å²) >= 11 is 0. The number of anilines is 1. The number of nitrogens with zero attached hydrogens (tertiary/aromatic N) is 4. The Labute approximate surface area is 175 Å². The number of rotatable bonds is 4. The van der Waals surface area contributed by atoms with Crippen LogP contribution in [0, 0.1) is 0 Å². The lowest BCUT2D eigenvalue weighted by Crippen LogP contribution is -2.37. The van der Waals surface area contributed by atoms with Gasteiger partial charge in [0.15, 0.2) is 5.76 Å². The molecule has 2 aromatic heterocycles. The van der Waals surface area contributed by atoms with Gasteiger partial charge in [-0.3, -0.25) is 4.79 Å². The van der Waals surface area contributed by atoms with E-state index in [1.54, 1.807) is 17.0 Å². The SMILES string of the molecule is O=C(c1ccco1)N1CCc2nc(N3CCCCC3)nc(Oc3ccccc3)c2C1. The van der Waals surface area contributed by atoms with Gasteiger partial charge in [0.2, 0.25) is 11.8 Å². The van der Waals surface area contributed by atoms with Gasteiger partial charge in [0, 0.05) is 26.1 Å². The fourth-order valence-corrected chi connectivity index (χ4v) is 4.02. The van der Waals surface area contributed by atoms with Crippen LogP contribution in [0.3, 0.4) is 0 Å². The van der Waals surface area contributed by atoms with E-state index in [-0.39, 0.29) is 5.91 Å². The second kappa shape index (κ2) is 8.18. The van der Waals surface area contributed by atoms with Gasteiger partial charge in [-0.1, -0.05) is 18.2 Å². The summed E-state index contributed by atoms with van der Waals surface area (Å²) in [6.07, 6.45) is 5.74. The fraction of sp³-hybridized carbons (Fsp3) is 0.348. The van der Waals surface area contributed by atoms with Gasteiger partial charge in [0.05, 0.1) is 24.1 Å². The Morgan fingerprint density at radius 1 is 0.967 bits per heavy atom. The molecule has 2 aliphatic rings. The van der Waals surface area contributed by atoms with E-state index in [4.69, 9.17) is 19.1 Å². The Bertz CT molecular complexity index is 1010. The maximum atomic E-state index is 12.8. The molecule has 0 bridgehead atoms. The number of carbonyl (C=O) groups excluding carboxylic acids is 1. The van der Waals surface area contributed by atoms with Gasteiger partial charge in [-0.25, -0.2) is 4.98 Å². The predicted octanol–water partition coefficient (Wildman–Crippen LogP) is 4.05. The summed E-state index contributed by atoms with van der Waals surface area (Å²) in [6, 6.07) is 13.0. The van der Waals surface area contributed by atoms with E-state index in [1.165, 1.54) is 12.7 Å². The predicted molar refractivity (Wildman–Crippen MR) is 112 cm³/mol. The summed E-state index contributed by atoms with van der Waals surface area (Å²) in [5.74, 6) is 2.19. The number of fused-ring (bicyclic) bond motifs is 1. The van der Waals surface area contributed by atoms with E-state index in [0.29, 0.717) is 31.2 Å². The molecule has 1 aromatic carbocycles. The molecule has 0 atom stereocenters. The van der Waals surface area contributed by atoms with E-state index in [9.17, 15) is 4.79 Å². The molecule has 7 nitrogen and oxygen atoms in total. The average Bonchev–Trinajstić information content (AvgIpc) is 3.34. The number of hydrogen-bond acceptors (Lipinski definition) is 6. The van der Waals surface area contributed by atoms with E-state index in [1.807, 2.05) is 30.3 Å². The Morgan fingerprint density at radius 2 is 1.80 bits per heavy atom. The molecule has 1 fully saturated rings.